The predicted octanol–water partition coefficient (Wildman–Crippen LogP) is 2.13. The number of benzene rings is 1. The van der Waals surface area contributed by atoms with Crippen LogP contribution in [0.25, 0.3) is 0 Å². The van der Waals surface area contributed by atoms with Gasteiger partial charge in [0.2, 0.25) is 0 Å². The molecule has 2 aliphatic rings. The molecule has 1 atom stereocenters. The van der Waals surface area contributed by atoms with Crippen LogP contribution < -0.4 is 0 Å². The molecule has 1 aliphatic heterocycles. The Bertz CT molecular complexity index is 442. The summed E-state index contributed by atoms with van der Waals surface area (Å²) < 4.78 is 5.35. The van der Waals surface area contributed by atoms with Gasteiger partial charge in [-0.3, -0.25) is 9.63 Å². The van der Waals surface area contributed by atoms with Gasteiger partial charge < -0.3 is 4.74 Å². The van der Waals surface area contributed by atoms with E-state index in [0.29, 0.717) is 18.1 Å². The Balaban J connectivity index is 1.82. The van der Waals surface area contributed by atoms with E-state index in [1.165, 1.54) is 17.9 Å². The van der Waals surface area contributed by atoms with E-state index in [1.807, 2.05) is 24.3 Å². The van der Waals surface area contributed by atoms with Crippen molar-refractivity contribution in [2.45, 2.75) is 19.1 Å². The molecule has 0 spiro atoms. The van der Waals surface area contributed by atoms with Crippen molar-refractivity contribution in [2.24, 2.45) is 5.92 Å². The van der Waals surface area contributed by atoms with E-state index in [-0.39, 0.29) is 5.91 Å². The Morgan fingerprint density at radius 3 is 2.82 bits per heavy atom. The maximum atomic E-state index is 12.1. The molecule has 1 aromatic rings. The van der Waals surface area contributed by atoms with E-state index in [0.717, 1.165) is 5.56 Å². The summed E-state index contributed by atoms with van der Waals surface area (Å²) in [5.74, 6) is 0.511. The third-order valence-corrected chi connectivity index (χ3v) is 3.24. The Labute approximate surface area is 100 Å². The van der Waals surface area contributed by atoms with Crippen LogP contribution in [-0.4, -0.2) is 24.7 Å². The lowest BCUT2D eigenvalue weighted by Crippen LogP contribution is -2.30. The summed E-state index contributed by atoms with van der Waals surface area (Å²) in [4.78, 5) is 17.7. The molecule has 1 unspecified atom stereocenters. The average molecular weight is 233 g/mol. The molecule has 90 valence electrons. The van der Waals surface area contributed by atoms with Gasteiger partial charge in [0.05, 0.1) is 6.61 Å². The topological polar surface area (TPSA) is 38.8 Å². The Morgan fingerprint density at radius 2 is 2.12 bits per heavy atom. The zero-order chi connectivity index (χ0) is 11.8. The molecule has 17 heavy (non-hydrogen) atoms. The molecule has 1 fully saturated rings. The van der Waals surface area contributed by atoms with Crippen LogP contribution >= 0.6 is 0 Å². The maximum Gasteiger partial charge on any atom is 0.280 e. The standard InChI is InChI=1S/C13H15NO3/c1-16-13-11-5-3-2-4-10(11)12(15)14(13)17-8-9-6-7-9/h2-5,9,13H,6-8H2,1H3. The van der Waals surface area contributed by atoms with E-state index < -0.39 is 6.23 Å². The fraction of sp³-hybridized carbons (Fsp3) is 0.462. The molecule has 1 saturated carbocycles. The van der Waals surface area contributed by atoms with E-state index >= 15 is 0 Å². The maximum absolute atomic E-state index is 12.1. The second kappa shape index (κ2) is 4.13. The van der Waals surface area contributed by atoms with Crippen LogP contribution in [0.15, 0.2) is 24.3 Å². The number of hydroxylamine groups is 2. The fourth-order valence-corrected chi connectivity index (χ4v) is 2.08. The first kappa shape index (κ1) is 10.7. The third kappa shape index (κ3) is 1.83. The van der Waals surface area contributed by atoms with Gasteiger partial charge in [-0.1, -0.05) is 18.2 Å². The van der Waals surface area contributed by atoms with Crippen molar-refractivity contribution in [3.05, 3.63) is 35.4 Å². The highest BCUT2D eigenvalue weighted by molar-refractivity contribution is 5.98. The van der Waals surface area contributed by atoms with Crippen LogP contribution in [0.1, 0.15) is 35.0 Å². The third-order valence-electron chi connectivity index (χ3n) is 3.24. The first-order chi connectivity index (χ1) is 8.31. The lowest BCUT2D eigenvalue weighted by molar-refractivity contribution is -0.210. The van der Waals surface area contributed by atoms with Crippen LogP contribution in [0.5, 0.6) is 0 Å². The lowest BCUT2D eigenvalue weighted by atomic mass is 10.1. The number of nitrogens with zero attached hydrogens (tertiary/aromatic N) is 1. The second-order valence-electron chi connectivity index (χ2n) is 4.55. The van der Waals surface area contributed by atoms with Gasteiger partial charge in [-0.2, -0.15) is 5.06 Å². The summed E-state index contributed by atoms with van der Waals surface area (Å²) in [7, 11) is 1.59. The van der Waals surface area contributed by atoms with Gasteiger partial charge in [0, 0.05) is 18.2 Å². The quantitative estimate of drug-likeness (QED) is 0.799. The fourth-order valence-electron chi connectivity index (χ4n) is 2.08. The summed E-state index contributed by atoms with van der Waals surface area (Å²) in [6.45, 7) is 0.611. The minimum atomic E-state index is -0.405. The lowest BCUT2D eigenvalue weighted by Gasteiger charge is -2.22. The van der Waals surface area contributed by atoms with Crippen LogP contribution in [-0.2, 0) is 9.57 Å². The molecule has 3 rings (SSSR count). The molecule has 4 nitrogen and oxygen atoms in total. The van der Waals surface area contributed by atoms with E-state index in [4.69, 9.17) is 9.57 Å². The molecule has 0 bridgehead atoms. The van der Waals surface area contributed by atoms with E-state index in [1.54, 1.807) is 7.11 Å². The largest absolute Gasteiger partial charge is 0.355 e. The summed E-state index contributed by atoms with van der Waals surface area (Å²) in [6.07, 6.45) is 2.00. The number of carbonyl (C=O) groups excluding carboxylic acids is 1. The average Bonchev–Trinajstić information content (AvgIpc) is 3.14. The van der Waals surface area contributed by atoms with Crippen LogP contribution in [0.4, 0.5) is 0 Å². The Morgan fingerprint density at radius 1 is 1.35 bits per heavy atom. The van der Waals surface area contributed by atoms with Crippen molar-refractivity contribution in [2.75, 3.05) is 13.7 Å². The van der Waals surface area contributed by atoms with Gasteiger partial charge in [-0.25, -0.2) is 0 Å². The first-order valence-corrected chi connectivity index (χ1v) is 5.89. The summed E-state index contributed by atoms with van der Waals surface area (Å²) in [6, 6.07) is 7.47. The molecular formula is C13H15NO3. The predicted molar refractivity (Wildman–Crippen MR) is 61.0 cm³/mol. The van der Waals surface area contributed by atoms with Crippen molar-refractivity contribution in [1.82, 2.24) is 5.06 Å². The van der Waals surface area contributed by atoms with Gasteiger partial charge in [0.15, 0.2) is 6.23 Å². The number of ether oxygens (including phenoxy) is 1. The number of methoxy groups -OCH3 is 1. The highest BCUT2D eigenvalue weighted by Gasteiger charge is 2.38. The van der Waals surface area contributed by atoms with Crippen molar-refractivity contribution >= 4 is 5.91 Å². The highest BCUT2D eigenvalue weighted by Crippen LogP contribution is 2.36. The number of rotatable bonds is 4. The van der Waals surface area contributed by atoms with Crippen LogP contribution in [0, 0.1) is 5.92 Å². The second-order valence-corrected chi connectivity index (χ2v) is 4.55. The van der Waals surface area contributed by atoms with Gasteiger partial charge in [0.1, 0.15) is 0 Å². The molecule has 0 aromatic heterocycles. The van der Waals surface area contributed by atoms with Gasteiger partial charge >= 0.3 is 0 Å². The van der Waals surface area contributed by atoms with Gasteiger partial charge in [-0.05, 0) is 24.8 Å². The summed E-state index contributed by atoms with van der Waals surface area (Å²) >= 11 is 0. The molecule has 4 heteroatoms. The van der Waals surface area contributed by atoms with Gasteiger partial charge in [-0.15, -0.1) is 0 Å². The van der Waals surface area contributed by atoms with Crippen molar-refractivity contribution < 1.29 is 14.4 Å². The summed E-state index contributed by atoms with van der Waals surface area (Å²) in [5, 5.41) is 1.36. The number of amides is 1. The molecule has 1 heterocycles. The monoisotopic (exact) mass is 233 g/mol. The molecule has 0 radical (unpaired) electrons. The molecule has 0 saturated heterocycles. The highest BCUT2D eigenvalue weighted by atomic mass is 16.7. The van der Waals surface area contributed by atoms with E-state index in [9.17, 15) is 4.79 Å². The SMILES string of the molecule is COC1c2ccccc2C(=O)N1OCC1CC1. The molecular weight excluding hydrogens is 218 g/mol. The molecule has 1 aliphatic carbocycles. The normalized spacial score (nSPS) is 23.0. The smallest absolute Gasteiger partial charge is 0.280 e. The number of fused-ring (bicyclic) bond motifs is 1. The molecule has 1 amide bonds. The van der Waals surface area contributed by atoms with Crippen molar-refractivity contribution in [1.29, 1.82) is 0 Å². The molecule has 1 aromatic carbocycles. The Kier molecular flexibility index (Phi) is 2.61. The molecule has 0 N–H and O–H groups in total. The number of carbonyl (C=O) groups is 1. The minimum Gasteiger partial charge on any atom is -0.355 e. The van der Waals surface area contributed by atoms with Crippen LogP contribution in [0.3, 0.4) is 0 Å². The van der Waals surface area contributed by atoms with Gasteiger partial charge in [0.25, 0.3) is 5.91 Å². The minimum absolute atomic E-state index is 0.104. The van der Waals surface area contributed by atoms with E-state index in [2.05, 4.69) is 0 Å². The number of hydrogen-bond donors (Lipinski definition) is 0. The van der Waals surface area contributed by atoms with Crippen molar-refractivity contribution in [3.8, 4) is 0 Å². The zero-order valence-corrected chi connectivity index (χ0v) is 9.76. The van der Waals surface area contributed by atoms with Crippen molar-refractivity contribution in [3.63, 3.8) is 0 Å². The van der Waals surface area contributed by atoms with Crippen LogP contribution in [0.2, 0.25) is 0 Å². The number of hydrogen-bond acceptors (Lipinski definition) is 3. The zero-order valence-electron chi connectivity index (χ0n) is 9.76. The summed E-state index contributed by atoms with van der Waals surface area (Å²) in [5.41, 5.74) is 1.56. The Hall–Kier alpha value is -1.39. The first-order valence-electron chi connectivity index (χ1n) is 5.89.